The molecule has 0 heterocycles. The van der Waals surface area contributed by atoms with E-state index in [0.29, 0.717) is 18.4 Å². The van der Waals surface area contributed by atoms with Crippen LogP contribution in [-0.4, -0.2) is 130 Å². The summed E-state index contributed by atoms with van der Waals surface area (Å²) in [6, 6.07) is 5.42. The van der Waals surface area contributed by atoms with Crippen molar-refractivity contribution in [3.63, 3.8) is 0 Å². The first-order valence-electron chi connectivity index (χ1n) is 26.2. The molecule has 77 heavy (non-hydrogen) atoms. The summed E-state index contributed by atoms with van der Waals surface area (Å²) >= 11 is 0. The fourth-order valence-corrected chi connectivity index (χ4v) is 7.97. The van der Waals surface area contributed by atoms with Crippen molar-refractivity contribution in [2.24, 2.45) is 35.1 Å². The van der Waals surface area contributed by atoms with Crippen LogP contribution in [-0.2, 0) is 65.6 Å². The number of carboxylic acid groups (broad SMARTS) is 2. The van der Waals surface area contributed by atoms with Crippen LogP contribution in [0, 0.1) is 23.7 Å². The second-order valence-electron chi connectivity index (χ2n) is 20.3. The first-order chi connectivity index (χ1) is 36.2. The van der Waals surface area contributed by atoms with Crippen LogP contribution in [0.1, 0.15) is 118 Å². The lowest BCUT2D eigenvalue weighted by Crippen LogP contribution is -2.61. The first-order valence-corrected chi connectivity index (χ1v) is 26.2. The average Bonchev–Trinajstić information content (AvgIpc) is 3.37. The summed E-state index contributed by atoms with van der Waals surface area (Å²) in [6.07, 6.45) is -0.865. The number of benzene rings is 2. The number of primary amides is 1. The molecule has 2 aromatic carbocycles. The molecule has 9 amide bonds. The highest BCUT2D eigenvalue weighted by Crippen LogP contribution is 2.15. The molecular weight excluding hydrogens is 997 g/mol. The zero-order valence-electron chi connectivity index (χ0n) is 45.7. The van der Waals surface area contributed by atoms with E-state index in [4.69, 9.17) is 11.5 Å². The van der Waals surface area contributed by atoms with E-state index in [1.165, 1.54) is 6.92 Å². The summed E-state index contributed by atoms with van der Waals surface area (Å²) in [6.45, 7) is 15.3. The van der Waals surface area contributed by atoms with E-state index >= 15 is 0 Å². The molecule has 426 valence electrons. The fourth-order valence-electron chi connectivity index (χ4n) is 7.97. The largest absolute Gasteiger partial charge is 0.481 e. The Hall–Kier alpha value is -7.43. The van der Waals surface area contributed by atoms with E-state index in [0.717, 1.165) is 5.56 Å². The predicted octanol–water partition coefficient (Wildman–Crippen LogP) is 0.707. The molecule has 0 aliphatic rings. The number of carbonyl (C=O) groups is 11. The summed E-state index contributed by atoms with van der Waals surface area (Å²) in [5, 5.41) is 40.1. The number of carboxylic acids is 2. The first kappa shape index (κ1) is 65.7. The summed E-state index contributed by atoms with van der Waals surface area (Å²) in [5.74, 6) is -11.5. The van der Waals surface area contributed by atoms with Crippen molar-refractivity contribution in [3.05, 3.63) is 71.8 Å². The molecule has 0 aromatic heterocycles. The Morgan fingerprint density at radius 1 is 0.468 bits per heavy atom. The highest BCUT2D eigenvalue weighted by atomic mass is 16.4. The molecule has 23 nitrogen and oxygen atoms in total. The van der Waals surface area contributed by atoms with Gasteiger partial charge in [0, 0.05) is 19.3 Å². The van der Waals surface area contributed by atoms with E-state index in [1.54, 1.807) is 102 Å². The molecule has 0 unspecified atom stereocenters. The molecule has 0 fully saturated rings. The van der Waals surface area contributed by atoms with Gasteiger partial charge in [-0.2, -0.15) is 0 Å². The molecule has 0 saturated carbocycles. The molecule has 0 spiro atoms. The molecule has 14 N–H and O–H groups in total. The van der Waals surface area contributed by atoms with E-state index in [9.17, 15) is 63.0 Å². The number of hydrogen-bond acceptors (Lipinski definition) is 12. The van der Waals surface area contributed by atoms with Crippen molar-refractivity contribution in [1.82, 2.24) is 42.5 Å². The molecule has 0 radical (unpaired) electrons. The summed E-state index contributed by atoms with van der Waals surface area (Å²) in [4.78, 5) is 146. The van der Waals surface area contributed by atoms with Gasteiger partial charge < -0.3 is 64.2 Å². The number of nitrogens with one attached hydrogen (secondary N) is 8. The topological polar surface area (TPSA) is 377 Å². The average molecular weight is 1080 g/mol. The van der Waals surface area contributed by atoms with E-state index in [1.807, 2.05) is 13.8 Å². The zero-order chi connectivity index (χ0) is 58.1. The second-order valence-corrected chi connectivity index (χ2v) is 20.3. The van der Waals surface area contributed by atoms with Crippen LogP contribution < -0.4 is 54.0 Å². The van der Waals surface area contributed by atoms with Gasteiger partial charge in [0.2, 0.25) is 53.2 Å². The van der Waals surface area contributed by atoms with Crippen LogP contribution in [0.2, 0.25) is 0 Å². The summed E-state index contributed by atoms with van der Waals surface area (Å²) < 4.78 is 0. The van der Waals surface area contributed by atoms with Crippen LogP contribution in [0.4, 0.5) is 0 Å². The molecule has 0 bridgehead atoms. The maximum absolute atomic E-state index is 14.2. The smallest absolute Gasteiger partial charge is 0.326 e. The van der Waals surface area contributed by atoms with Gasteiger partial charge in [0.05, 0.1) is 6.04 Å². The van der Waals surface area contributed by atoms with Gasteiger partial charge >= 0.3 is 11.9 Å². The standard InChI is InChI=1S/C54H82N10O13/c1-10-31(7)44(53(75)61-39(26-29(3)4)51(73)62-43(30(5)6)52(74)64-45(54(76)77)32(8)11-2)63-46(68)33(9)57-50(72)40(28-35-20-16-13-17-21-35)60-49(71)38(23-25-42(66)67)59-48(70)37(22-24-41(56)65)58-47(69)36(55)27-34-18-14-12-15-19-34/h12-21,29-33,36-40,43-45H,10-11,22-28,55H2,1-9H3,(H2,56,65)(H,57,72)(H,58,69)(H,59,70)(H,60,71)(H,61,75)(H,62,73)(H,63,68)(H,64,74)(H,66,67)(H,76,77)/t31-,32-,33-,36-,37-,38-,39-,40-,43-,44-,45-/m0/s1. The van der Waals surface area contributed by atoms with Gasteiger partial charge in [-0.25, -0.2) is 4.79 Å². The van der Waals surface area contributed by atoms with E-state index in [-0.39, 0.29) is 38.0 Å². The molecule has 2 rings (SSSR count). The Kier molecular flexibility index (Phi) is 28.1. The SMILES string of the molecule is CC[C@H](C)[C@H](NC(=O)[C@@H](NC(=O)[C@H](CC(C)C)NC(=O)[C@@H](NC(=O)[C@H](C)NC(=O)[C@H](Cc1ccccc1)NC(=O)[C@H](CCC(=O)O)NC(=O)[C@H](CCC(N)=O)NC(=O)[C@@H](N)Cc1ccccc1)[C@@H](C)CC)C(C)C)C(=O)O. The predicted molar refractivity (Wildman–Crippen MR) is 286 cm³/mol. The number of rotatable bonds is 34. The van der Waals surface area contributed by atoms with Crippen molar-refractivity contribution < 1.29 is 63.0 Å². The number of amides is 9. The van der Waals surface area contributed by atoms with Crippen molar-refractivity contribution in [3.8, 4) is 0 Å². The Labute approximate surface area is 450 Å². The molecule has 0 aliphatic heterocycles. The van der Waals surface area contributed by atoms with Crippen LogP contribution in [0.5, 0.6) is 0 Å². The van der Waals surface area contributed by atoms with Crippen LogP contribution in [0.15, 0.2) is 60.7 Å². The Morgan fingerprint density at radius 2 is 0.883 bits per heavy atom. The lowest BCUT2D eigenvalue weighted by Gasteiger charge is -2.30. The van der Waals surface area contributed by atoms with Crippen molar-refractivity contribution in [1.29, 1.82) is 0 Å². The lowest BCUT2D eigenvalue weighted by molar-refractivity contribution is -0.144. The third-order valence-electron chi connectivity index (χ3n) is 13.1. The van der Waals surface area contributed by atoms with Gasteiger partial charge in [0.1, 0.15) is 48.3 Å². The van der Waals surface area contributed by atoms with Gasteiger partial charge in [-0.05, 0) is 67.4 Å². The quantitative estimate of drug-likeness (QED) is 0.0460. The summed E-state index contributed by atoms with van der Waals surface area (Å²) in [5.41, 5.74) is 12.8. The third-order valence-corrected chi connectivity index (χ3v) is 13.1. The molecular formula is C54H82N10O13. The summed E-state index contributed by atoms with van der Waals surface area (Å²) in [7, 11) is 0. The number of carbonyl (C=O) groups excluding carboxylic acids is 9. The second kappa shape index (κ2) is 32.9. The Balaban J connectivity index is 2.37. The third kappa shape index (κ3) is 23.1. The highest BCUT2D eigenvalue weighted by Gasteiger charge is 2.37. The Morgan fingerprint density at radius 3 is 1.36 bits per heavy atom. The minimum atomic E-state index is -1.61. The fraction of sp³-hybridized carbons (Fsp3) is 0.574. The minimum absolute atomic E-state index is 0.0979. The lowest BCUT2D eigenvalue weighted by atomic mass is 9.95. The number of nitrogens with two attached hydrogens (primary N) is 2. The van der Waals surface area contributed by atoms with Gasteiger partial charge in [0.15, 0.2) is 0 Å². The van der Waals surface area contributed by atoms with Crippen LogP contribution >= 0.6 is 0 Å². The van der Waals surface area contributed by atoms with Crippen molar-refractivity contribution in [2.75, 3.05) is 0 Å². The Bertz CT molecular complexity index is 2320. The molecule has 11 atom stereocenters. The molecule has 23 heteroatoms. The van der Waals surface area contributed by atoms with E-state index < -0.39 is 150 Å². The molecule has 0 aliphatic carbocycles. The normalized spacial score (nSPS) is 15.5. The van der Waals surface area contributed by atoms with Crippen molar-refractivity contribution >= 4 is 65.1 Å². The maximum Gasteiger partial charge on any atom is 0.326 e. The molecule has 2 aromatic rings. The highest BCUT2D eigenvalue weighted by molar-refractivity contribution is 5.98. The maximum atomic E-state index is 14.2. The monoisotopic (exact) mass is 1080 g/mol. The van der Waals surface area contributed by atoms with Gasteiger partial charge in [0.25, 0.3) is 0 Å². The van der Waals surface area contributed by atoms with Gasteiger partial charge in [-0.1, -0.05) is 129 Å². The van der Waals surface area contributed by atoms with Crippen LogP contribution in [0.25, 0.3) is 0 Å². The van der Waals surface area contributed by atoms with Gasteiger partial charge in [-0.3, -0.25) is 47.9 Å². The van der Waals surface area contributed by atoms with Crippen LogP contribution in [0.3, 0.4) is 0 Å². The number of hydrogen-bond donors (Lipinski definition) is 12. The number of aliphatic carboxylic acids is 2. The van der Waals surface area contributed by atoms with Crippen molar-refractivity contribution in [2.45, 2.75) is 174 Å². The van der Waals surface area contributed by atoms with Gasteiger partial charge in [-0.15, -0.1) is 0 Å². The minimum Gasteiger partial charge on any atom is -0.481 e. The van der Waals surface area contributed by atoms with E-state index in [2.05, 4.69) is 42.5 Å². The zero-order valence-corrected chi connectivity index (χ0v) is 45.7. The molecule has 0 saturated heterocycles.